The molecular formula is C32H29Cl4N11O4. The predicted octanol–water partition coefficient (Wildman–Crippen LogP) is 6.52. The van der Waals surface area contributed by atoms with Gasteiger partial charge in [0.25, 0.3) is 0 Å². The lowest BCUT2D eigenvalue weighted by atomic mass is 10.2. The van der Waals surface area contributed by atoms with Crippen molar-refractivity contribution < 1.29 is 19.1 Å². The highest BCUT2D eigenvalue weighted by atomic mass is 35.5. The van der Waals surface area contributed by atoms with Crippen LogP contribution in [0, 0.1) is 11.3 Å². The van der Waals surface area contributed by atoms with E-state index >= 15 is 0 Å². The van der Waals surface area contributed by atoms with Crippen molar-refractivity contribution in [3.63, 3.8) is 0 Å². The van der Waals surface area contributed by atoms with Crippen molar-refractivity contribution in [2.24, 2.45) is 0 Å². The van der Waals surface area contributed by atoms with Crippen LogP contribution in [-0.2, 0) is 48.9 Å². The summed E-state index contributed by atoms with van der Waals surface area (Å²) in [6.45, 7) is 3.47. The zero-order valence-electron chi connectivity index (χ0n) is 26.8. The third-order valence-corrected chi connectivity index (χ3v) is 8.68. The number of nitrogens with zero attached hydrogens (tertiary/aromatic N) is 10. The van der Waals surface area contributed by atoms with Crippen molar-refractivity contribution in [2.75, 3.05) is 13.1 Å². The number of aromatic amines is 1. The Hall–Kier alpha value is -4.88. The Morgan fingerprint density at radius 1 is 0.725 bits per heavy atom. The molecule has 15 nitrogen and oxygen atoms in total. The predicted molar refractivity (Wildman–Crippen MR) is 186 cm³/mol. The van der Waals surface area contributed by atoms with Crippen LogP contribution in [0.25, 0.3) is 11.5 Å². The number of H-pyrrole nitrogens is 1. The molecule has 0 spiro atoms. The minimum absolute atomic E-state index is 0.0956. The molecule has 51 heavy (non-hydrogen) atoms. The Morgan fingerprint density at radius 2 is 1.24 bits per heavy atom. The molecule has 0 saturated carbocycles. The van der Waals surface area contributed by atoms with Gasteiger partial charge < -0.3 is 19.3 Å². The standard InChI is InChI=1S/C16H15Cl2N7O2.C16H14Cl2N4O2/c17-11-4-10(5-12(18)6-11)9-27-16(26)24-2-1-3-25-13(8-24)7-14(21-25)15-19-22-23-20-15;17-12-4-11(5-13(18)6-12)10-24-16(23)21-2-1-3-22-15(9-21)7-14(8-19)20-22/h4-7H,1-3,8-9H2,(H,19,20,22,23);4-7H,1-3,9-10H2. The molecule has 0 atom stereocenters. The van der Waals surface area contributed by atoms with Crippen molar-refractivity contribution in [3.05, 3.63) is 96.8 Å². The van der Waals surface area contributed by atoms with Gasteiger partial charge in [-0.15, -0.1) is 10.2 Å². The Balaban J connectivity index is 0.000000177. The van der Waals surface area contributed by atoms with Crippen LogP contribution in [0.2, 0.25) is 20.1 Å². The molecule has 0 radical (unpaired) electrons. The summed E-state index contributed by atoms with van der Waals surface area (Å²) in [5.41, 5.74) is 4.14. The lowest BCUT2D eigenvalue weighted by Crippen LogP contribution is -2.31. The van der Waals surface area contributed by atoms with E-state index in [0.717, 1.165) is 35.4 Å². The first-order valence-electron chi connectivity index (χ1n) is 15.6. The van der Waals surface area contributed by atoms with Crippen LogP contribution in [-0.4, -0.2) is 75.3 Å². The number of fused-ring (bicyclic) bond motifs is 2. The third-order valence-electron chi connectivity index (χ3n) is 7.80. The zero-order chi connectivity index (χ0) is 35.9. The van der Waals surface area contributed by atoms with Gasteiger partial charge in [-0.1, -0.05) is 46.4 Å². The number of aromatic nitrogens is 8. The highest BCUT2D eigenvalue weighted by Crippen LogP contribution is 2.23. The highest BCUT2D eigenvalue weighted by molar-refractivity contribution is 6.35. The maximum atomic E-state index is 12.5. The lowest BCUT2D eigenvalue weighted by Gasteiger charge is -2.19. The number of aryl methyl sites for hydroxylation is 2. The molecule has 2 amide bonds. The minimum Gasteiger partial charge on any atom is -0.445 e. The van der Waals surface area contributed by atoms with Gasteiger partial charge >= 0.3 is 12.2 Å². The van der Waals surface area contributed by atoms with E-state index in [0.29, 0.717) is 76.6 Å². The topological polar surface area (TPSA) is 173 Å². The Kier molecular flexibility index (Phi) is 11.6. The van der Waals surface area contributed by atoms with Gasteiger partial charge in [0.1, 0.15) is 25.0 Å². The summed E-state index contributed by atoms with van der Waals surface area (Å²) in [4.78, 5) is 28.1. The van der Waals surface area contributed by atoms with Gasteiger partial charge in [-0.05, 0) is 77.7 Å². The molecule has 2 aliphatic rings. The normalized spacial score (nSPS) is 13.9. The maximum absolute atomic E-state index is 12.5. The molecule has 3 aromatic heterocycles. The van der Waals surface area contributed by atoms with Crippen molar-refractivity contribution in [1.82, 2.24) is 50.0 Å². The van der Waals surface area contributed by atoms with Crippen LogP contribution < -0.4 is 0 Å². The highest BCUT2D eigenvalue weighted by Gasteiger charge is 2.24. The molecule has 2 aromatic carbocycles. The van der Waals surface area contributed by atoms with Gasteiger partial charge in [-0.2, -0.15) is 20.7 Å². The number of carbonyl (C=O) groups is 2. The van der Waals surface area contributed by atoms with E-state index in [-0.39, 0.29) is 13.2 Å². The molecule has 19 heteroatoms. The molecule has 1 N–H and O–H groups in total. The molecule has 7 rings (SSSR count). The smallest absolute Gasteiger partial charge is 0.410 e. The number of carbonyl (C=O) groups excluding carboxylic acids is 2. The molecule has 0 saturated heterocycles. The molecular weight excluding hydrogens is 744 g/mol. The van der Waals surface area contributed by atoms with E-state index < -0.39 is 12.2 Å². The molecule has 264 valence electrons. The monoisotopic (exact) mass is 771 g/mol. The number of ether oxygens (including phenoxy) is 2. The average Bonchev–Trinajstić information content (AvgIpc) is 3.80. The van der Waals surface area contributed by atoms with Gasteiger partial charge in [0.15, 0.2) is 5.69 Å². The van der Waals surface area contributed by atoms with Gasteiger partial charge in [-0.25, -0.2) is 9.59 Å². The maximum Gasteiger partial charge on any atom is 0.410 e. The number of halogens is 4. The van der Waals surface area contributed by atoms with E-state index in [1.807, 2.05) is 16.8 Å². The first-order chi connectivity index (χ1) is 24.6. The van der Waals surface area contributed by atoms with Crippen molar-refractivity contribution in [3.8, 4) is 17.6 Å². The molecule has 0 aliphatic carbocycles. The quantitative estimate of drug-likeness (QED) is 0.207. The lowest BCUT2D eigenvalue weighted by molar-refractivity contribution is 0.0936. The number of benzene rings is 2. The Morgan fingerprint density at radius 3 is 1.73 bits per heavy atom. The SMILES string of the molecule is N#Cc1cc2n(n1)CCCN(C(=O)OCc1cc(Cl)cc(Cl)c1)C2.O=C(OCc1cc(Cl)cc(Cl)c1)N1CCCn2nc(-c3nn[nH]n3)cc2C1. The third kappa shape index (κ3) is 9.47. The van der Waals surface area contributed by atoms with Crippen LogP contribution in [0.3, 0.4) is 0 Å². The number of nitrogens with one attached hydrogen (secondary N) is 1. The number of tetrazole rings is 1. The second kappa shape index (κ2) is 16.4. The fourth-order valence-corrected chi connectivity index (χ4v) is 6.67. The van der Waals surface area contributed by atoms with Crippen LogP contribution in [0.4, 0.5) is 9.59 Å². The van der Waals surface area contributed by atoms with Gasteiger partial charge in [0.05, 0.1) is 24.5 Å². The molecule has 5 heterocycles. The van der Waals surface area contributed by atoms with Crippen LogP contribution in [0.1, 0.15) is 41.1 Å². The molecule has 0 fully saturated rings. The fourth-order valence-electron chi connectivity index (χ4n) is 5.53. The minimum atomic E-state index is -0.417. The van der Waals surface area contributed by atoms with E-state index in [1.54, 1.807) is 56.9 Å². The summed E-state index contributed by atoms with van der Waals surface area (Å²) in [5, 5.41) is 33.4. The fraction of sp³-hybridized carbons (Fsp3) is 0.312. The first kappa shape index (κ1) is 35.9. The summed E-state index contributed by atoms with van der Waals surface area (Å²) >= 11 is 23.8. The van der Waals surface area contributed by atoms with E-state index in [2.05, 4.69) is 30.8 Å². The molecule has 2 aliphatic heterocycles. The Bertz CT molecular complexity index is 2020. The Labute approximate surface area is 311 Å². The van der Waals surface area contributed by atoms with Crippen LogP contribution in [0.5, 0.6) is 0 Å². The van der Waals surface area contributed by atoms with Gasteiger partial charge in [0, 0.05) is 46.3 Å². The largest absolute Gasteiger partial charge is 0.445 e. The van der Waals surface area contributed by atoms with Crippen molar-refractivity contribution in [2.45, 2.75) is 52.2 Å². The molecule has 5 aromatic rings. The van der Waals surface area contributed by atoms with E-state index in [1.165, 1.54) is 0 Å². The van der Waals surface area contributed by atoms with E-state index in [4.69, 9.17) is 61.1 Å². The number of hydrogen-bond acceptors (Lipinski definition) is 10. The summed E-state index contributed by atoms with van der Waals surface area (Å²) in [7, 11) is 0. The van der Waals surface area contributed by atoms with Gasteiger partial charge in [-0.3, -0.25) is 9.36 Å². The summed E-state index contributed by atoms with van der Waals surface area (Å²) in [6.07, 6.45) is 0.692. The number of hydrogen-bond donors (Lipinski definition) is 1. The van der Waals surface area contributed by atoms with Gasteiger partial charge in [0.2, 0.25) is 5.82 Å². The van der Waals surface area contributed by atoms with Crippen LogP contribution in [0.15, 0.2) is 48.5 Å². The zero-order valence-corrected chi connectivity index (χ0v) is 29.8. The summed E-state index contributed by atoms with van der Waals surface area (Å²) in [5.74, 6) is 0.419. The number of nitriles is 1. The average molecular weight is 773 g/mol. The number of rotatable bonds is 5. The molecule has 0 unspecified atom stereocenters. The van der Waals surface area contributed by atoms with Crippen LogP contribution >= 0.6 is 46.4 Å². The first-order valence-corrected chi connectivity index (χ1v) is 17.2. The second-order valence-corrected chi connectivity index (χ2v) is 13.3. The summed E-state index contributed by atoms with van der Waals surface area (Å²) in [6, 6.07) is 15.7. The van der Waals surface area contributed by atoms with Crippen molar-refractivity contribution >= 4 is 58.6 Å². The summed E-state index contributed by atoms with van der Waals surface area (Å²) < 4.78 is 14.4. The molecule has 0 bridgehead atoms. The van der Waals surface area contributed by atoms with Crippen molar-refractivity contribution in [1.29, 1.82) is 5.26 Å². The number of amides is 2. The van der Waals surface area contributed by atoms with E-state index in [9.17, 15) is 9.59 Å². The second-order valence-electron chi connectivity index (χ2n) is 11.6.